The normalized spacial score (nSPS) is 10.8. The summed E-state index contributed by atoms with van der Waals surface area (Å²) in [5.41, 5.74) is 9.54. The van der Waals surface area contributed by atoms with Crippen molar-refractivity contribution in [3.05, 3.63) is 41.3 Å². The molecule has 0 fully saturated rings. The third-order valence-corrected chi connectivity index (χ3v) is 2.32. The fourth-order valence-corrected chi connectivity index (χ4v) is 1.51. The van der Waals surface area contributed by atoms with E-state index in [2.05, 4.69) is 45.4 Å². The Hall–Kier alpha value is -0.820. The maximum Gasteiger partial charge on any atom is 0.0178 e. The monoisotopic (exact) mass is 176 g/mol. The molecule has 0 spiro atoms. The molecule has 71 valence electrons. The Morgan fingerprint density at radius 1 is 1.38 bits per heavy atom. The van der Waals surface area contributed by atoms with Crippen molar-refractivity contribution in [2.45, 2.75) is 33.2 Å². The summed E-state index contributed by atoms with van der Waals surface area (Å²) in [6.07, 6.45) is 2.15. The van der Waals surface area contributed by atoms with E-state index in [1.807, 2.05) is 0 Å². The van der Waals surface area contributed by atoms with E-state index in [1.165, 1.54) is 16.7 Å². The summed E-state index contributed by atoms with van der Waals surface area (Å²) in [6.45, 7) is 7.12. The summed E-state index contributed by atoms with van der Waals surface area (Å²) >= 11 is 0. The quantitative estimate of drug-likeness (QED) is 0.753. The van der Waals surface area contributed by atoms with Gasteiger partial charge in [0.2, 0.25) is 0 Å². The molecule has 1 aromatic carbocycles. The van der Waals surface area contributed by atoms with Crippen LogP contribution in [0.25, 0.3) is 0 Å². The van der Waals surface area contributed by atoms with E-state index in [0.717, 1.165) is 0 Å². The first kappa shape index (κ1) is 10.3. The first-order valence-corrected chi connectivity index (χ1v) is 4.81. The van der Waals surface area contributed by atoms with E-state index >= 15 is 0 Å². The number of hydrogen-bond donors (Lipinski definition) is 1. The predicted octanol–water partition coefficient (Wildman–Crippen LogP) is 2.84. The molecule has 1 rings (SSSR count). The molecule has 1 heteroatoms. The summed E-state index contributed by atoms with van der Waals surface area (Å²) in [5, 5.41) is 0. The maximum atomic E-state index is 5.60. The number of rotatable bonds is 3. The minimum Gasteiger partial charge on any atom is -0.326 e. The highest BCUT2D eigenvalue weighted by molar-refractivity contribution is 5.38. The van der Waals surface area contributed by atoms with Gasteiger partial charge in [-0.2, -0.15) is 0 Å². The van der Waals surface area contributed by atoms with Crippen molar-refractivity contribution in [1.29, 1.82) is 0 Å². The van der Waals surface area contributed by atoms with Crippen LogP contribution in [0.15, 0.2) is 18.2 Å². The summed E-state index contributed by atoms with van der Waals surface area (Å²) in [5.74, 6) is 0.567. The van der Waals surface area contributed by atoms with E-state index in [9.17, 15) is 0 Å². The second-order valence-corrected chi connectivity index (χ2v) is 3.61. The molecule has 0 atom stereocenters. The van der Waals surface area contributed by atoms with Crippen molar-refractivity contribution in [3.63, 3.8) is 0 Å². The zero-order valence-electron chi connectivity index (χ0n) is 8.67. The molecule has 0 aliphatic heterocycles. The minimum atomic E-state index is 0.567. The molecule has 0 amide bonds. The highest BCUT2D eigenvalue weighted by Crippen LogP contribution is 2.22. The van der Waals surface area contributed by atoms with Crippen LogP contribution >= 0.6 is 0 Å². The van der Waals surface area contributed by atoms with Gasteiger partial charge in [-0.3, -0.25) is 0 Å². The number of benzene rings is 1. The Kier molecular flexibility index (Phi) is 3.49. The van der Waals surface area contributed by atoms with E-state index in [-0.39, 0.29) is 0 Å². The third kappa shape index (κ3) is 2.31. The zero-order chi connectivity index (χ0) is 9.84. The van der Waals surface area contributed by atoms with Gasteiger partial charge in [0.1, 0.15) is 0 Å². The topological polar surface area (TPSA) is 26.0 Å². The van der Waals surface area contributed by atoms with Crippen molar-refractivity contribution in [1.82, 2.24) is 0 Å². The first-order chi connectivity index (χ1) is 6.19. The van der Waals surface area contributed by atoms with Crippen LogP contribution in [0.5, 0.6) is 0 Å². The van der Waals surface area contributed by atoms with Crippen LogP contribution in [0.2, 0.25) is 0 Å². The lowest BCUT2D eigenvalue weighted by atomic mass is 9.94. The van der Waals surface area contributed by atoms with Gasteiger partial charge in [-0.1, -0.05) is 39.0 Å². The fraction of sp³-hybridized carbons (Fsp3) is 0.417. The Morgan fingerprint density at radius 3 is 2.54 bits per heavy atom. The predicted molar refractivity (Wildman–Crippen MR) is 57.5 cm³/mol. The molecule has 13 heavy (non-hydrogen) atoms. The molecule has 0 aliphatic carbocycles. The second-order valence-electron chi connectivity index (χ2n) is 3.61. The average molecular weight is 176 g/mol. The lowest BCUT2D eigenvalue weighted by Crippen LogP contribution is -2.00. The Balaban J connectivity index is 3.10. The highest BCUT2D eigenvalue weighted by Gasteiger charge is 2.05. The van der Waals surface area contributed by atoms with Crippen LogP contribution in [-0.2, 0) is 6.54 Å². The lowest BCUT2D eigenvalue weighted by molar-refractivity contribution is 0.852. The highest BCUT2D eigenvalue weighted by atomic mass is 14.5. The van der Waals surface area contributed by atoms with E-state index in [4.69, 9.17) is 5.73 Å². The molecular weight excluding hydrogens is 158 g/mol. The van der Waals surface area contributed by atoms with E-state index in [0.29, 0.717) is 12.5 Å². The largest absolute Gasteiger partial charge is 0.326 e. The second kappa shape index (κ2) is 4.43. The molecule has 0 aliphatic rings. The fourth-order valence-electron chi connectivity index (χ4n) is 1.51. The van der Waals surface area contributed by atoms with E-state index < -0.39 is 0 Å². The molecule has 1 aromatic rings. The van der Waals surface area contributed by atoms with Crippen LogP contribution in [0.4, 0.5) is 0 Å². The Bertz CT molecular complexity index is 276. The Morgan fingerprint density at radius 2 is 2.08 bits per heavy atom. The van der Waals surface area contributed by atoms with Gasteiger partial charge in [0, 0.05) is 6.54 Å². The van der Waals surface area contributed by atoms with Crippen molar-refractivity contribution in [2.24, 2.45) is 5.73 Å². The summed E-state index contributed by atoms with van der Waals surface area (Å²) in [4.78, 5) is 0. The van der Waals surface area contributed by atoms with Gasteiger partial charge in [0.15, 0.2) is 0 Å². The molecule has 0 heterocycles. The van der Waals surface area contributed by atoms with Gasteiger partial charge in [-0.05, 0) is 29.0 Å². The Labute approximate surface area is 81.0 Å². The molecule has 0 bridgehead atoms. The summed E-state index contributed by atoms with van der Waals surface area (Å²) < 4.78 is 0. The van der Waals surface area contributed by atoms with Crippen LogP contribution in [0.1, 0.15) is 43.4 Å². The maximum absolute atomic E-state index is 5.60. The van der Waals surface area contributed by atoms with Gasteiger partial charge in [0.25, 0.3) is 0 Å². The molecular formula is C12H18N. The third-order valence-electron chi connectivity index (χ3n) is 2.32. The van der Waals surface area contributed by atoms with Gasteiger partial charge >= 0.3 is 0 Å². The molecule has 1 radical (unpaired) electrons. The minimum absolute atomic E-state index is 0.567. The zero-order valence-corrected chi connectivity index (χ0v) is 8.67. The smallest absolute Gasteiger partial charge is 0.0178 e. The number of nitrogens with two attached hydrogens (primary N) is 1. The first-order valence-electron chi connectivity index (χ1n) is 4.81. The summed E-state index contributed by atoms with van der Waals surface area (Å²) in [7, 11) is 0. The van der Waals surface area contributed by atoms with Gasteiger partial charge in [0.05, 0.1) is 0 Å². The van der Waals surface area contributed by atoms with E-state index in [1.54, 1.807) is 0 Å². The molecule has 0 aromatic heterocycles. The van der Waals surface area contributed by atoms with Crippen LogP contribution in [-0.4, -0.2) is 0 Å². The van der Waals surface area contributed by atoms with Gasteiger partial charge < -0.3 is 5.73 Å². The van der Waals surface area contributed by atoms with Crippen molar-refractivity contribution in [2.75, 3.05) is 0 Å². The van der Waals surface area contributed by atoms with Gasteiger partial charge in [-0.25, -0.2) is 0 Å². The van der Waals surface area contributed by atoms with Crippen LogP contribution in [0.3, 0.4) is 0 Å². The van der Waals surface area contributed by atoms with Gasteiger partial charge in [-0.15, -0.1) is 0 Å². The summed E-state index contributed by atoms with van der Waals surface area (Å²) in [6, 6.07) is 6.46. The van der Waals surface area contributed by atoms with Crippen LogP contribution < -0.4 is 5.73 Å². The molecule has 0 saturated heterocycles. The average Bonchev–Trinajstić information content (AvgIpc) is 2.16. The molecule has 0 saturated carbocycles. The number of hydrogen-bond acceptors (Lipinski definition) is 1. The van der Waals surface area contributed by atoms with Crippen LogP contribution in [0, 0.1) is 6.42 Å². The molecule has 2 N–H and O–H groups in total. The van der Waals surface area contributed by atoms with Crippen molar-refractivity contribution < 1.29 is 0 Å². The SMILES string of the molecule is C[CH]c1ccc(CN)cc1C(C)C. The van der Waals surface area contributed by atoms with Crippen molar-refractivity contribution >= 4 is 0 Å². The van der Waals surface area contributed by atoms with Crippen molar-refractivity contribution in [3.8, 4) is 0 Å². The standard InChI is InChI=1S/C12H18N/c1-4-11-6-5-10(8-13)7-12(11)9(2)3/h4-7,9H,8,13H2,1-3H3. The molecule has 1 nitrogen and oxygen atoms in total. The molecule has 0 unspecified atom stereocenters. The lowest BCUT2D eigenvalue weighted by Gasteiger charge is -2.12.